The number of aromatic nitrogens is 1. The Bertz CT molecular complexity index is 665. The highest BCUT2D eigenvalue weighted by Gasteiger charge is 2.31. The maximum Gasteiger partial charge on any atom is 0.227 e. The molecule has 3 rings (SSSR count). The van der Waals surface area contributed by atoms with Crippen LogP contribution in [0.2, 0.25) is 0 Å². The fourth-order valence-corrected chi connectivity index (χ4v) is 2.97. The summed E-state index contributed by atoms with van der Waals surface area (Å²) in [7, 11) is 1.63. The molecule has 5 nitrogen and oxygen atoms in total. The van der Waals surface area contributed by atoms with Crippen LogP contribution in [-0.4, -0.2) is 29.6 Å². The lowest BCUT2D eigenvalue weighted by atomic mass is 10.1. The smallest absolute Gasteiger partial charge is 0.227 e. The Labute approximate surface area is 129 Å². The van der Waals surface area contributed by atoms with Crippen molar-refractivity contribution in [3.05, 3.63) is 47.3 Å². The molecule has 1 saturated heterocycles. The van der Waals surface area contributed by atoms with Gasteiger partial charge in [-0.3, -0.25) is 4.79 Å². The number of hydrogen-bond donors (Lipinski definition) is 0. The summed E-state index contributed by atoms with van der Waals surface area (Å²) in [6.45, 7) is 2.65. The minimum Gasteiger partial charge on any atom is -0.497 e. The molecule has 1 aliphatic rings. The highest BCUT2D eigenvalue weighted by molar-refractivity contribution is 5.79. The lowest BCUT2D eigenvalue weighted by Gasteiger charge is -2.23. The van der Waals surface area contributed by atoms with E-state index in [1.54, 1.807) is 7.11 Å². The van der Waals surface area contributed by atoms with E-state index in [4.69, 9.17) is 9.26 Å². The molecule has 1 amide bonds. The van der Waals surface area contributed by atoms with E-state index in [1.165, 1.54) is 0 Å². The van der Waals surface area contributed by atoms with Crippen LogP contribution in [0.25, 0.3) is 0 Å². The van der Waals surface area contributed by atoms with Gasteiger partial charge in [0.25, 0.3) is 0 Å². The zero-order chi connectivity index (χ0) is 15.5. The number of carbonyl (C=O) groups excluding carboxylic acids is 1. The number of carbonyl (C=O) groups is 1. The molecule has 1 unspecified atom stereocenters. The summed E-state index contributed by atoms with van der Waals surface area (Å²) < 4.78 is 10.4. The van der Waals surface area contributed by atoms with Gasteiger partial charge in [-0.25, -0.2) is 0 Å². The number of hydrogen-bond acceptors (Lipinski definition) is 4. The SMILES string of the molecule is COc1cccc(CC(=O)N2CCCC2c2cc(C)on2)c1. The predicted octanol–water partition coefficient (Wildman–Crippen LogP) is 2.90. The van der Waals surface area contributed by atoms with Gasteiger partial charge in [0.15, 0.2) is 0 Å². The number of aryl methyl sites for hydroxylation is 1. The first kappa shape index (κ1) is 14.6. The van der Waals surface area contributed by atoms with Gasteiger partial charge in [0.1, 0.15) is 17.2 Å². The van der Waals surface area contributed by atoms with Crippen molar-refractivity contribution in [1.29, 1.82) is 0 Å². The van der Waals surface area contributed by atoms with Crippen LogP contribution in [0.15, 0.2) is 34.9 Å². The van der Waals surface area contributed by atoms with Crippen LogP contribution >= 0.6 is 0 Å². The van der Waals surface area contributed by atoms with E-state index >= 15 is 0 Å². The average Bonchev–Trinajstić information content (AvgIpc) is 3.15. The third-order valence-corrected chi connectivity index (χ3v) is 4.05. The molecule has 0 bridgehead atoms. The highest BCUT2D eigenvalue weighted by Crippen LogP contribution is 2.32. The zero-order valence-electron chi connectivity index (χ0n) is 12.9. The third kappa shape index (κ3) is 2.98. The Morgan fingerprint density at radius 1 is 1.45 bits per heavy atom. The van der Waals surface area contributed by atoms with Crippen molar-refractivity contribution in [2.45, 2.75) is 32.2 Å². The van der Waals surface area contributed by atoms with Gasteiger partial charge < -0.3 is 14.2 Å². The molecule has 1 atom stereocenters. The monoisotopic (exact) mass is 300 g/mol. The van der Waals surface area contributed by atoms with Gasteiger partial charge in [-0.15, -0.1) is 0 Å². The Morgan fingerprint density at radius 2 is 2.32 bits per heavy atom. The van der Waals surface area contributed by atoms with Crippen LogP contribution in [0.5, 0.6) is 5.75 Å². The molecule has 2 aromatic rings. The Morgan fingerprint density at radius 3 is 3.05 bits per heavy atom. The van der Waals surface area contributed by atoms with Crippen molar-refractivity contribution in [2.24, 2.45) is 0 Å². The first-order chi connectivity index (χ1) is 10.7. The lowest BCUT2D eigenvalue weighted by molar-refractivity contribution is -0.131. The second-order valence-electron chi connectivity index (χ2n) is 5.64. The van der Waals surface area contributed by atoms with Gasteiger partial charge in [0.05, 0.1) is 19.6 Å². The fourth-order valence-electron chi connectivity index (χ4n) is 2.97. The molecule has 1 aromatic heterocycles. The zero-order valence-corrected chi connectivity index (χ0v) is 12.9. The van der Waals surface area contributed by atoms with Crippen LogP contribution in [0.1, 0.15) is 35.9 Å². The number of rotatable bonds is 4. The topological polar surface area (TPSA) is 55.6 Å². The van der Waals surface area contributed by atoms with Crippen LogP contribution in [-0.2, 0) is 11.2 Å². The number of benzene rings is 1. The first-order valence-corrected chi connectivity index (χ1v) is 7.53. The molecule has 116 valence electrons. The molecule has 0 N–H and O–H groups in total. The number of methoxy groups -OCH3 is 1. The average molecular weight is 300 g/mol. The molecule has 0 aliphatic carbocycles. The molecule has 1 aromatic carbocycles. The van der Waals surface area contributed by atoms with Crippen molar-refractivity contribution in [2.75, 3.05) is 13.7 Å². The molecule has 2 heterocycles. The van der Waals surface area contributed by atoms with Gasteiger partial charge >= 0.3 is 0 Å². The first-order valence-electron chi connectivity index (χ1n) is 7.53. The summed E-state index contributed by atoms with van der Waals surface area (Å²) in [6, 6.07) is 9.60. The van der Waals surface area contributed by atoms with Gasteiger partial charge in [-0.1, -0.05) is 17.3 Å². The largest absolute Gasteiger partial charge is 0.497 e. The van der Waals surface area contributed by atoms with E-state index in [-0.39, 0.29) is 11.9 Å². The Balaban J connectivity index is 1.73. The van der Waals surface area contributed by atoms with E-state index in [0.29, 0.717) is 6.42 Å². The number of ether oxygens (including phenoxy) is 1. The second-order valence-corrected chi connectivity index (χ2v) is 5.64. The lowest BCUT2D eigenvalue weighted by Crippen LogP contribution is -2.32. The van der Waals surface area contributed by atoms with Crippen LogP contribution in [0.3, 0.4) is 0 Å². The van der Waals surface area contributed by atoms with Crippen molar-refractivity contribution in [3.63, 3.8) is 0 Å². The standard InChI is InChI=1S/C17H20N2O3/c1-12-9-15(18-22-12)16-7-4-8-19(16)17(20)11-13-5-3-6-14(10-13)21-2/h3,5-6,9-10,16H,4,7-8,11H2,1-2H3. The highest BCUT2D eigenvalue weighted by atomic mass is 16.5. The molecule has 0 saturated carbocycles. The number of amides is 1. The Hall–Kier alpha value is -2.30. The molecular weight excluding hydrogens is 280 g/mol. The van der Waals surface area contributed by atoms with Crippen LogP contribution < -0.4 is 4.74 Å². The van der Waals surface area contributed by atoms with Gasteiger partial charge in [0.2, 0.25) is 5.91 Å². The summed E-state index contributed by atoms with van der Waals surface area (Å²) in [5.41, 5.74) is 1.82. The van der Waals surface area contributed by atoms with Crippen molar-refractivity contribution in [1.82, 2.24) is 10.1 Å². The fraction of sp³-hybridized carbons (Fsp3) is 0.412. The molecule has 0 spiro atoms. The van der Waals surface area contributed by atoms with Gasteiger partial charge in [-0.05, 0) is 37.5 Å². The number of nitrogens with zero attached hydrogens (tertiary/aromatic N) is 2. The predicted molar refractivity (Wildman–Crippen MR) is 81.6 cm³/mol. The maximum atomic E-state index is 12.6. The minimum absolute atomic E-state index is 0.0376. The molecule has 0 radical (unpaired) electrons. The molecule has 1 fully saturated rings. The minimum atomic E-state index is 0.0376. The molecular formula is C17H20N2O3. The van der Waals surface area contributed by atoms with Crippen LogP contribution in [0, 0.1) is 6.92 Å². The van der Waals surface area contributed by atoms with Crippen molar-refractivity contribution in [3.8, 4) is 5.75 Å². The van der Waals surface area contributed by atoms with Gasteiger partial charge in [0, 0.05) is 12.6 Å². The van der Waals surface area contributed by atoms with E-state index < -0.39 is 0 Å². The summed E-state index contributed by atoms with van der Waals surface area (Å²) in [5, 5.41) is 4.08. The van der Waals surface area contributed by atoms with E-state index in [9.17, 15) is 4.79 Å². The number of likely N-dealkylation sites (tertiary alicyclic amines) is 1. The van der Waals surface area contributed by atoms with Crippen molar-refractivity contribution >= 4 is 5.91 Å². The van der Waals surface area contributed by atoms with E-state index in [0.717, 1.165) is 42.2 Å². The summed E-state index contributed by atoms with van der Waals surface area (Å²) in [4.78, 5) is 14.5. The van der Waals surface area contributed by atoms with Gasteiger partial charge in [-0.2, -0.15) is 0 Å². The quantitative estimate of drug-likeness (QED) is 0.871. The van der Waals surface area contributed by atoms with Crippen LogP contribution in [0.4, 0.5) is 0 Å². The molecule has 22 heavy (non-hydrogen) atoms. The Kier molecular flexibility index (Phi) is 4.13. The van der Waals surface area contributed by atoms with Crippen molar-refractivity contribution < 1.29 is 14.1 Å². The molecule has 5 heteroatoms. The molecule has 1 aliphatic heterocycles. The van der Waals surface area contributed by atoms with E-state index in [2.05, 4.69) is 5.16 Å². The van der Waals surface area contributed by atoms with E-state index in [1.807, 2.05) is 42.2 Å². The summed E-state index contributed by atoms with van der Waals surface area (Å²) in [6.07, 6.45) is 2.32. The third-order valence-electron chi connectivity index (χ3n) is 4.05. The summed E-state index contributed by atoms with van der Waals surface area (Å²) in [5.74, 6) is 1.67. The summed E-state index contributed by atoms with van der Waals surface area (Å²) >= 11 is 0. The maximum absolute atomic E-state index is 12.6. The second kappa shape index (κ2) is 6.22. The normalized spacial score (nSPS) is 17.7.